The molecule has 7 heteroatoms. The lowest BCUT2D eigenvalue weighted by molar-refractivity contribution is -0.0393. The summed E-state index contributed by atoms with van der Waals surface area (Å²) in [6.07, 6.45) is -1.35. The molecule has 1 aliphatic rings. The molecule has 0 aromatic heterocycles. The molecule has 2 rings (SSSR count). The number of halogens is 2. The molecule has 1 aromatic rings. The Morgan fingerprint density at radius 1 is 1.43 bits per heavy atom. The molecule has 0 radical (unpaired) electrons. The Balaban J connectivity index is 2.00. The summed E-state index contributed by atoms with van der Waals surface area (Å²) >= 11 is 0. The number of nitrogens with one attached hydrogen (secondary N) is 1. The molecule has 2 N–H and O–H groups in total. The van der Waals surface area contributed by atoms with Gasteiger partial charge in [-0.1, -0.05) is 6.07 Å². The maximum absolute atomic E-state index is 13.5. The number of carbonyl (C=O) groups is 1. The first-order valence-corrected chi connectivity index (χ1v) is 6.72. The summed E-state index contributed by atoms with van der Waals surface area (Å²) in [5.41, 5.74) is -0.234. The highest BCUT2D eigenvalue weighted by Crippen LogP contribution is 2.20. The van der Waals surface area contributed by atoms with Crippen molar-refractivity contribution in [1.29, 1.82) is 0 Å². The van der Waals surface area contributed by atoms with Gasteiger partial charge in [0.1, 0.15) is 6.10 Å². The third-order valence-corrected chi connectivity index (χ3v) is 3.16. The molecule has 2 amide bonds. The van der Waals surface area contributed by atoms with Gasteiger partial charge in [0, 0.05) is 0 Å². The third-order valence-electron chi connectivity index (χ3n) is 3.16. The van der Waals surface area contributed by atoms with Crippen molar-refractivity contribution in [3.8, 4) is 0 Å². The van der Waals surface area contributed by atoms with Crippen LogP contribution in [0.25, 0.3) is 0 Å². The quantitative estimate of drug-likeness (QED) is 0.897. The number of anilines is 1. The highest BCUT2D eigenvalue weighted by atomic mass is 19.2. The SMILES string of the molecule is CC(C)O[C@H]1CN(C(=O)Nc2cccc(F)c2F)C[C@@H]1O. The molecular formula is C14H18F2N2O3. The van der Waals surface area contributed by atoms with E-state index in [0.717, 1.165) is 6.07 Å². The van der Waals surface area contributed by atoms with Gasteiger partial charge in [-0.2, -0.15) is 0 Å². The Bertz CT molecular complexity index is 525. The van der Waals surface area contributed by atoms with Gasteiger partial charge in [-0.15, -0.1) is 0 Å². The first-order valence-electron chi connectivity index (χ1n) is 6.72. The van der Waals surface area contributed by atoms with Crippen molar-refractivity contribution in [2.75, 3.05) is 18.4 Å². The lowest BCUT2D eigenvalue weighted by Gasteiger charge is -2.18. The molecule has 0 unspecified atom stereocenters. The number of urea groups is 1. The normalized spacial score (nSPS) is 21.9. The number of ether oxygens (including phenoxy) is 1. The van der Waals surface area contributed by atoms with Gasteiger partial charge in [0.05, 0.1) is 31.0 Å². The third kappa shape index (κ3) is 3.68. The van der Waals surface area contributed by atoms with Crippen LogP contribution in [0.4, 0.5) is 19.3 Å². The van der Waals surface area contributed by atoms with E-state index in [2.05, 4.69) is 5.32 Å². The van der Waals surface area contributed by atoms with Crippen LogP contribution in [-0.2, 0) is 4.74 Å². The smallest absolute Gasteiger partial charge is 0.322 e. The predicted molar refractivity (Wildman–Crippen MR) is 73.0 cm³/mol. The fourth-order valence-corrected chi connectivity index (χ4v) is 2.20. The van der Waals surface area contributed by atoms with Crippen molar-refractivity contribution in [2.24, 2.45) is 0 Å². The van der Waals surface area contributed by atoms with Crippen molar-refractivity contribution < 1.29 is 23.4 Å². The van der Waals surface area contributed by atoms with Crippen molar-refractivity contribution in [3.05, 3.63) is 29.8 Å². The van der Waals surface area contributed by atoms with E-state index in [1.807, 2.05) is 13.8 Å². The summed E-state index contributed by atoms with van der Waals surface area (Å²) in [7, 11) is 0. The number of aliphatic hydroxyl groups is 1. The maximum atomic E-state index is 13.5. The summed E-state index contributed by atoms with van der Waals surface area (Å²) in [6.45, 7) is 3.94. The lowest BCUT2D eigenvalue weighted by atomic mass is 10.2. The molecule has 21 heavy (non-hydrogen) atoms. The fraction of sp³-hybridized carbons (Fsp3) is 0.500. The van der Waals surface area contributed by atoms with Crippen LogP contribution in [0, 0.1) is 11.6 Å². The van der Waals surface area contributed by atoms with Crippen LogP contribution in [0.15, 0.2) is 18.2 Å². The Morgan fingerprint density at radius 3 is 2.81 bits per heavy atom. The van der Waals surface area contributed by atoms with Gasteiger partial charge >= 0.3 is 6.03 Å². The number of rotatable bonds is 3. The first kappa shape index (κ1) is 15.7. The van der Waals surface area contributed by atoms with Gasteiger partial charge in [0.25, 0.3) is 0 Å². The minimum Gasteiger partial charge on any atom is -0.388 e. The van der Waals surface area contributed by atoms with E-state index in [1.165, 1.54) is 17.0 Å². The molecule has 5 nitrogen and oxygen atoms in total. The molecule has 0 saturated carbocycles. The number of hydrogen-bond donors (Lipinski definition) is 2. The monoisotopic (exact) mass is 300 g/mol. The standard InChI is InChI=1S/C14H18F2N2O3/c1-8(2)21-12-7-18(6-11(12)19)14(20)17-10-5-3-4-9(15)13(10)16/h3-5,8,11-12,19H,6-7H2,1-2H3,(H,17,20)/t11-,12-/m0/s1. The molecule has 1 fully saturated rings. The molecule has 1 saturated heterocycles. The van der Waals surface area contributed by atoms with E-state index >= 15 is 0 Å². The van der Waals surface area contributed by atoms with E-state index in [9.17, 15) is 18.7 Å². The van der Waals surface area contributed by atoms with Crippen molar-refractivity contribution >= 4 is 11.7 Å². The minimum absolute atomic E-state index is 0.0756. The number of aliphatic hydroxyl groups excluding tert-OH is 1. The zero-order valence-electron chi connectivity index (χ0n) is 11.8. The number of β-amino-alcohol motifs (C(OH)–C–C–N with tert-alkyl or cyclic N) is 1. The molecule has 1 heterocycles. The van der Waals surface area contributed by atoms with Crippen LogP contribution >= 0.6 is 0 Å². The van der Waals surface area contributed by atoms with Crippen LogP contribution in [0.1, 0.15) is 13.8 Å². The highest BCUT2D eigenvalue weighted by Gasteiger charge is 2.35. The van der Waals surface area contributed by atoms with Crippen LogP contribution in [-0.4, -0.2) is 47.4 Å². The zero-order chi connectivity index (χ0) is 15.6. The number of carbonyl (C=O) groups excluding carboxylic acids is 1. The Morgan fingerprint density at radius 2 is 2.14 bits per heavy atom. The topological polar surface area (TPSA) is 61.8 Å². The largest absolute Gasteiger partial charge is 0.388 e. The zero-order valence-corrected chi connectivity index (χ0v) is 11.8. The summed E-state index contributed by atoms with van der Waals surface area (Å²) in [4.78, 5) is 13.3. The van der Waals surface area contributed by atoms with Gasteiger partial charge < -0.3 is 20.1 Å². The minimum atomic E-state index is -1.11. The molecule has 0 bridgehead atoms. The van der Waals surface area contributed by atoms with Gasteiger partial charge in [0.2, 0.25) is 0 Å². The Hall–Kier alpha value is -1.73. The van der Waals surface area contributed by atoms with Crippen LogP contribution in [0.2, 0.25) is 0 Å². The molecular weight excluding hydrogens is 282 g/mol. The predicted octanol–water partition coefficient (Wildman–Crippen LogP) is 1.97. The van der Waals surface area contributed by atoms with Crippen molar-refractivity contribution in [2.45, 2.75) is 32.2 Å². The average Bonchev–Trinajstić information content (AvgIpc) is 2.76. The second-order valence-electron chi connectivity index (χ2n) is 5.23. The summed E-state index contributed by atoms with van der Waals surface area (Å²) in [6, 6.07) is 2.94. The van der Waals surface area contributed by atoms with Gasteiger partial charge in [-0.05, 0) is 26.0 Å². The number of amides is 2. The van der Waals surface area contributed by atoms with Gasteiger partial charge in [-0.3, -0.25) is 0 Å². The number of benzene rings is 1. The second kappa shape index (κ2) is 6.36. The molecule has 0 spiro atoms. The van der Waals surface area contributed by atoms with Crippen LogP contribution < -0.4 is 5.32 Å². The van der Waals surface area contributed by atoms with Gasteiger partial charge in [-0.25, -0.2) is 13.6 Å². The molecule has 116 valence electrons. The van der Waals surface area contributed by atoms with E-state index < -0.39 is 29.9 Å². The highest BCUT2D eigenvalue weighted by molar-refractivity contribution is 5.89. The number of hydrogen-bond acceptors (Lipinski definition) is 3. The first-order chi connectivity index (χ1) is 9.88. The summed E-state index contributed by atoms with van der Waals surface area (Å²) < 4.78 is 32.1. The van der Waals surface area contributed by atoms with Crippen molar-refractivity contribution in [3.63, 3.8) is 0 Å². The number of nitrogens with zero attached hydrogens (tertiary/aromatic N) is 1. The van der Waals surface area contributed by atoms with E-state index in [0.29, 0.717) is 0 Å². The van der Waals surface area contributed by atoms with Crippen LogP contribution in [0.3, 0.4) is 0 Å². The maximum Gasteiger partial charge on any atom is 0.322 e. The molecule has 2 atom stereocenters. The molecule has 1 aromatic carbocycles. The Kier molecular flexibility index (Phi) is 4.74. The summed E-state index contributed by atoms with van der Waals surface area (Å²) in [5.74, 6) is -2.14. The lowest BCUT2D eigenvalue weighted by Crippen LogP contribution is -2.34. The van der Waals surface area contributed by atoms with Crippen molar-refractivity contribution in [1.82, 2.24) is 4.90 Å². The van der Waals surface area contributed by atoms with Crippen LogP contribution in [0.5, 0.6) is 0 Å². The number of likely N-dealkylation sites (tertiary alicyclic amines) is 1. The molecule has 0 aliphatic carbocycles. The Labute approximate surface area is 121 Å². The second-order valence-corrected chi connectivity index (χ2v) is 5.23. The molecule has 1 aliphatic heterocycles. The van der Waals surface area contributed by atoms with E-state index in [-0.39, 0.29) is 24.9 Å². The van der Waals surface area contributed by atoms with E-state index in [4.69, 9.17) is 4.74 Å². The summed E-state index contributed by atoms with van der Waals surface area (Å²) in [5, 5.41) is 12.1. The van der Waals surface area contributed by atoms with Gasteiger partial charge in [0.15, 0.2) is 11.6 Å². The fourth-order valence-electron chi connectivity index (χ4n) is 2.20. The van der Waals surface area contributed by atoms with E-state index in [1.54, 1.807) is 0 Å². The average molecular weight is 300 g/mol.